The number of hydrogen-bond donors (Lipinski definition) is 1. The molecule has 1 heterocycles. The molecule has 3 rings (SSSR count). The maximum Gasteiger partial charge on any atom is 0.341 e. The molecule has 5 nitrogen and oxygen atoms in total. The van der Waals surface area contributed by atoms with E-state index in [1.54, 1.807) is 24.3 Å². The third-order valence-electron chi connectivity index (χ3n) is 3.73. The summed E-state index contributed by atoms with van der Waals surface area (Å²) in [7, 11) is -4.72. The number of benzene rings is 2. The number of para-hydroxylation sites is 1. The van der Waals surface area contributed by atoms with Crippen LogP contribution in [-0.4, -0.2) is 19.2 Å². The van der Waals surface area contributed by atoms with Gasteiger partial charge in [-0.25, -0.2) is 17.8 Å². The summed E-state index contributed by atoms with van der Waals surface area (Å²) in [5.41, 5.74) is 0.735. The number of hydrogen-bond acceptors (Lipinski definition) is 5. The van der Waals surface area contributed by atoms with Crippen LogP contribution in [0.4, 0.5) is 18.9 Å². The Balaban J connectivity index is 1.69. The zero-order valence-corrected chi connectivity index (χ0v) is 15.2. The van der Waals surface area contributed by atoms with Crippen molar-refractivity contribution in [1.82, 2.24) is 4.98 Å². The first-order valence-electron chi connectivity index (χ1n) is 8.09. The van der Waals surface area contributed by atoms with Crippen molar-refractivity contribution >= 4 is 15.5 Å². The Morgan fingerprint density at radius 1 is 1.04 bits per heavy atom. The van der Waals surface area contributed by atoms with Gasteiger partial charge in [-0.2, -0.15) is 8.78 Å². The van der Waals surface area contributed by atoms with Gasteiger partial charge in [0, 0.05) is 24.9 Å². The van der Waals surface area contributed by atoms with Crippen molar-refractivity contribution in [1.29, 1.82) is 0 Å². The van der Waals surface area contributed by atoms with Gasteiger partial charge in [-0.05, 0) is 29.8 Å². The molecular weight excluding hydrogens is 393 g/mol. The largest absolute Gasteiger partial charge is 0.439 e. The number of nitrogens with one attached hydrogen (secondary N) is 1. The second kappa shape index (κ2) is 8.30. The molecule has 0 fully saturated rings. The molecule has 0 aliphatic rings. The molecule has 28 heavy (non-hydrogen) atoms. The zero-order chi connectivity index (χ0) is 20.1. The first-order valence-corrected chi connectivity index (χ1v) is 9.64. The standard InChI is InChI=1S/C19H15F3N2O3S/c20-14-4-3-5-15(10-14)27-18-9-8-13(12-24-18)11-23-16-6-1-2-7-17(16)28(25,26)19(21)22/h1-10,12,19,23H,11H2. The molecule has 2 aromatic carbocycles. The molecule has 1 aromatic heterocycles. The number of halogens is 3. The second-order valence-electron chi connectivity index (χ2n) is 5.72. The average Bonchev–Trinajstić information content (AvgIpc) is 2.67. The molecule has 1 N–H and O–H groups in total. The summed E-state index contributed by atoms with van der Waals surface area (Å²) in [6.45, 7) is 0.156. The van der Waals surface area contributed by atoms with E-state index in [9.17, 15) is 21.6 Å². The topological polar surface area (TPSA) is 68.3 Å². The summed E-state index contributed by atoms with van der Waals surface area (Å²) in [4.78, 5) is 3.62. The lowest BCUT2D eigenvalue weighted by molar-refractivity contribution is 0.235. The number of rotatable bonds is 7. The number of nitrogens with zero attached hydrogens (tertiary/aromatic N) is 1. The van der Waals surface area contributed by atoms with Gasteiger partial charge in [-0.1, -0.05) is 24.3 Å². The maximum atomic E-state index is 13.2. The van der Waals surface area contributed by atoms with E-state index in [0.29, 0.717) is 11.3 Å². The number of ether oxygens (including phenoxy) is 1. The molecule has 0 atom stereocenters. The zero-order valence-electron chi connectivity index (χ0n) is 14.3. The van der Waals surface area contributed by atoms with Gasteiger partial charge in [0.15, 0.2) is 0 Å². The minimum absolute atomic E-state index is 0.0721. The van der Waals surface area contributed by atoms with Crippen LogP contribution in [0.25, 0.3) is 0 Å². The number of pyridine rings is 1. The van der Waals surface area contributed by atoms with E-state index >= 15 is 0 Å². The fourth-order valence-corrected chi connectivity index (χ4v) is 3.29. The van der Waals surface area contributed by atoms with Gasteiger partial charge in [0.2, 0.25) is 15.7 Å². The minimum atomic E-state index is -4.72. The van der Waals surface area contributed by atoms with Crippen molar-refractivity contribution in [2.24, 2.45) is 0 Å². The van der Waals surface area contributed by atoms with Crippen LogP contribution in [0.1, 0.15) is 5.56 Å². The summed E-state index contributed by atoms with van der Waals surface area (Å²) in [6, 6.07) is 14.3. The normalized spacial score (nSPS) is 11.4. The second-order valence-corrected chi connectivity index (χ2v) is 7.61. The van der Waals surface area contributed by atoms with Crippen molar-refractivity contribution in [3.8, 4) is 11.6 Å². The molecule has 0 aliphatic carbocycles. The summed E-state index contributed by atoms with van der Waals surface area (Å²) in [5, 5.41) is 2.82. The highest BCUT2D eigenvalue weighted by molar-refractivity contribution is 7.91. The number of alkyl halides is 2. The summed E-state index contributed by atoms with van der Waals surface area (Å²) in [5.74, 6) is -3.40. The number of sulfone groups is 1. The van der Waals surface area contributed by atoms with Crippen molar-refractivity contribution in [2.45, 2.75) is 17.2 Å². The highest BCUT2D eigenvalue weighted by Gasteiger charge is 2.28. The van der Waals surface area contributed by atoms with Crippen LogP contribution in [0.2, 0.25) is 0 Å². The lowest BCUT2D eigenvalue weighted by Crippen LogP contribution is -2.14. The average molecular weight is 408 g/mol. The molecule has 146 valence electrons. The molecule has 3 aromatic rings. The third kappa shape index (κ3) is 4.61. The smallest absolute Gasteiger partial charge is 0.341 e. The first kappa shape index (κ1) is 19.7. The van der Waals surface area contributed by atoms with Gasteiger partial charge in [0.05, 0.1) is 10.6 Å². The molecule has 0 bridgehead atoms. The van der Waals surface area contributed by atoms with Crippen LogP contribution in [-0.2, 0) is 16.4 Å². The Morgan fingerprint density at radius 2 is 1.82 bits per heavy atom. The first-order chi connectivity index (χ1) is 13.4. The third-order valence-corrected chi connectivity index (χ3v) is 5.17. The van der Waals surface area contributed by atoms with Crippen molar-refractivity contribution in [3.05, 3.63) is 78.2 Å². The van der Waals surface area contributed by atoms with Crippen molar-refractivity contribution < 1.29 is 26.3 Å². The van der Waals surface area contributed by atoms with Gasteiger partial charge in [-0.15, -0.1) is 0 Å². The van der Waals surface area contributed by atoms with Crippen LogP contribution in [0.15, 0.2) is 71.8 Å². The quantitative estimate of drug-likeness (QED) is 0.618. The fraction of sp³-hybridized carbons (Fsp3) is 0.105. The van der Waals surface area contributed by atoms with Gasteiger partial charge in [-0.3, -0.25) is 0 Å². The van der Waals surface area contributed by atoms with Gasteiger partial charge < -0.3 is 10.1 Å². The molecule has 0 radical (unpaired) electrons. The Kier molecular flexibility index (Phi) is 5.84. The monoisotopic (exact) mass is 408 g/mol. The summed E-state index contributed by atoms with van der Waals surface area (Å²) < 4.78 is 67.8. The van der Waals surface area contributed by atoms with Crippen LogP contribution >= 0.6 is 0 Å². The lowest BCUT2D eigenvalue weighted by atomic mass is 10.2. The van der Waals surface area contributed by atoms with E-state index in [-0.39, 0.29) is 18.1 Å². The van der Waals surface area contributed by atoms with Crippen LogP contribution in [0, 0.1) is 5.82 Å². The van der Waals surface area contributed by atoms with Crippen molar-refractivity contribution in [2.75, 3.05) is 5.32 Å². The lowest BCUT2D eigenvalue weighted by Gasteiger charge is -2.12. The number of aromatic nitrogens is 1. The number of anilines is 1. The van der Waals surface area contributed by atoms with E-state index in [1.807, 2.05) is 0 Å². The van der Waals surface area contributed by atoms with Gasteiger partial charge >= 0.3 is 5.76 Å². The Labute approximate surface area is 159 Å². The van der Waals surface area contributed by atoms with E-state index in [1.165, 1.54) is 36.5 Å². The van der Waals surface area contributed by atoms with Gasteiger partial charge in [0.25, 0.3) is 0 Å². The van der Waals surface area contributed by atoms with Gasteiger partial charge in [0.1, 0.15) is 11.6 Å². The Bertz CT molecular complexity index is 1060. The van der Waals surface area contributed by atoms with E-state index in [0.717, 1.165) is 6.07 Å². The molecular formula is C19H15F3N2O3S. The molecule has 0 aliphatic heterocycles. The Morgan fingerprint density at radius 3 is 2.50 bits per heavy atom. The van der Waals surface area contributed by atoms with E-state index < -0.39 is 26.3 Å². The SMILES string of the molecule is O=S(=O)(c1ccccc1NCc1ccc(Oc2cccc(F)c2)nc1)C(F)F. The fourth-order valence-electron chi connectivity index (χ4n) is 2.38. The van der Waals surface area contributed by atoms with Crippen LogP contribution in [0.5, 0.6) is 11.6 Å². The van der Waals surface area contributed by atoms with E-state index in [2.05, 4.69) is 10.3 Å². The van der Waals surface area contributed by atoms with E-state index in [4.69, 9.17) is 4.74 Å². The maximum absolute atomic E-state index is 13.2. The molecule has 0 saturated heterocycles. The molecule has 0 amide bonds. The molecule has 0 unspecified atom stereocenters. The summed E-state index contributed by atoms with van der Waals surface area (Å²) in [6.07, 6.45) is 1.48. The Hall–Kier alpha value is -3.07. The molecule has 9 heteroatoms. The predicted octanol–water partition coefficient (Wildman–Crippen LogP) is 4.62. The minimum Gasteiger partial charge on any atom is -0.439 e. The summed E-state index contributed by atoms with van der Waals surface area (Å²) >= 11 is 0. The van der Waals surface area contributed by atoms with Crippen molar-refractivity contribution in [3.63, 3.8) is 0 Å². The van der Waals surface area contributed by atoms with Crippen LogP contribution < -0.4 is 10.1 Å². The molecule has 0 spiro atoms. The highest BCUT2D eigenvalue weighted by atomic mass is 32.2. The van der Waals surface area contributed by atoms with Crippen LogP contribution in [0.3, 0.4) is 0 Å². The predicted molar refractivity (Wildman–Crippen MR) is 97.7 cm³/mol. The highest BCUT2D eigenvalue weighted by Crippen LogP contribution is 2.26. The molecule has 0 saturated carbocycles.